The smallest absolute Gasteiger partial charge is 0.231 e. The zero-order valence-corrected chi connectivity index (χ0v) is 16.5. The Morgan fingerprint density at radius 2 is 2.11 bits per heavy atom. The Kier molecular flexibility index (Phi) is 5.81. The molecule has 1 atom stereocenters. The van der Waals surface area contributed by atoms with E-state index >= 15 is 0 Å². The van der Waals surface area contributed by atoms with Gasteiger partial charge in [0, 0.05) is 49.2 Å². The lowest BCUT2D eigenvalue weighted by Crippen LogP contribution is -2.39. The van der Waals surface area contributed by atoms with Crippen LogP contribution in [-0.4, -0.2) is 47.3 Å². The maximum Gasteiger partial charge on any atom is 0.231 e. The summed E-state index contributed by atoms with van der Waals surface area (Å²) in [6, 6.07) is 8.62. The first-order valence-electron chi connectivity index (χ1n) is 9.66. The predicted octanol–water partition coefficient (Wildman–Crippen LogP) is 3.95. The molecule has 1 fully saturated rings. The fraction of sp³-hybridized carbons (Fsp3) is 0.476. The van der Waals surface area contributed by atoms with Crippen LogP contribution in [0.4, 0.5) is 0 Å². The Bertz CT molecular complexity index is 772. The Labute approximate surface area is 165 Å². The zero-order valence-electron chi connectivity index (χ0n) is 15.7. The normalized spacial score (nSPS) is 19.1. The molecule has 0 unspecified atom stereocenters. The minimum Gasteiger partial charge on any atom is -0.454 e. The van der Waals surface area contributed by atoms with Crippen molar-refractivity contribution < 1.29 is 9.47 Å². The first-order valence-corrected chi connectivity index (χ1v) is 10.0. The van der Waals surface area contributed by atoms with Crippen LogP contribution in [0.15, 0.2) is 36.7 Å². The van der Waals surface area contributed by atoms with Crippen LogP contribution in [0.25, 0.3) is 0 Å². The number of halogens is 1. The minimum absolute atomic E-state index is 0.266. The summed E-state index contributed by atoms with van der Waals surface area (Å²) < 4.78 is 11.0. The summed E-state index contributed by atoms with van der Waals surface area (Å²) in [6.45, 7) is 7.47. The lowest BCUT2D eigenvalue weighted by atomic mass is 10.1. The van der Waals surface area contributed by atoms with E-state index in [4.69, 9.17) is 21.1 Å². The van der Waals surface area contributed by atoms with Crippen LogP contribution in [-0.2, 0) is 13.1 Å². The van der Waals surface area contributed by atoms with Crippen molar-refractivity contribution in [2.75, 3.05) is 26.4 Å². The number of likely N-dealkylation sites (tertiary alicyclic amines) is 1. The highest BCUT2D eigenvalue weighted by atomic mass is 35.5. The van der Waals surface area contributed by atoms with Crippen LogP contribution in [0.3, 0.4) is 0 Å². The van der Waals surface area contributed by atoms with Crippen molar-refractivity contribution >= 4 is 11.6 Å². The second-order valence-corrected chi connectivity index (χ2v) is 7.66. The Hall–Kier alpha value is -1.82. The van der Waals surface area contributed by atoms with Crippen LogP contribution >= 0.6 is 11.6 Å². The number of ether oxygens (including phenoxy) is 2. The Morgan fingerprint density at radius 1 is 1.26 bits per heavy atom. The molecule has 0 bridgehead atoms. The highest BCUT2D eigenvalue weighted by molar-refractivity contribution is 6.31. The summed E-state index contributed by atoms with van der Waals surface area (Å²) in [7, 11) is 0. The number of nitrogens with zero attached hydrogens (tertiary/aromatic N) is 3. The summed E-state index contributed by atoms with van der Waals surface area (Å²) >= 11 is 6.54. The molecule has 2 aromatic rings. The number of rotatable bonds is 7. The van der Waals surface area contributed by atoms with E-state index in [-0.39, 0.29) is 6.79 Å². The predicted molar refractivity (Wildman–Crippen MR) is 106 cm³/mol. The van der Waals surface area contributed by atoms with Gasteiger partial charge in [-0.2, -0.15) is 0 Å². The lowest BCUT2D eigenvalue weighted by Gasteiger charge is -2.30. The van der Waals surface area contributed by atoms with E-state index in [0.717, 1.165) is 48.3 Å². The first-order chi connectivity index (χ1) is 13.2. The summed E-state index contributed by atoms with van der Waals surface area (Å²) in [5.74, 6) is 1.52. The minimum atomic E-state index is 0.266. The fourth-order valence-electron chi connectivity index (χ4n) is 4.07. The fourth-order valence-corrected chi connectivity index (χ4v) is 4.29. The molecule has 0 saturated carbocycles. The standard InChI is InChI=1S/C21H26ClN3O2/c1-2-25-8-4-6-18(25)14-24(12-16-5-3-7-23-11-16)13-17-9-20-21(10-19(17)22)27-15-26-20/h3,5,7,9-11,18H,2,4,6,8,12-15H2,1H3/t18-/m0/s1. The molecule has 2 aliphatic rings. The van der Waals surface area contributed by atoms with Gasteiger partial charge in [-0.1, -0.05) is 24.6 Å². The van der Waals surface area contributed by atoms with E-state index in [1.165, 1.54) is 24.9 Å². The largest absolute Gasteiger partial charge is 0.454 e. The van der Waals surface area contributed by atoms with Crippen LogP contribution in [0.5, 0.6) is 11.5 Å². The van der Waals surface area contributed by atoms with Gasteiger partial charge in [0.2, 0.25) is 6.79 Å². The van der Waals surface area contributed by atoms with Crippen LogP contribution in [0.1, 0.15) is 30.9 Å². The van der Waals surface area contributed by atoms with Gasteiger partial charge in [0.15, 0.2) is 11.5 Å². The van der Waals surface area contributed by atoms with Crippen molar-refractivity contribution in [3.8, 4) is 11.5 Å². The molecule has 0 N–H and O–H groups in total. The third-order valence-electron chi connectivity index (χ3n) is 5.44. The van der Waals surface area contributed by atoms with Crippen molar-refractivity contribution in [2.45, 2.75) is 38.9 Å². The summed E-state index contributed by atoms with van der Waals surface area (Å²) in [4.78, 5) is 9.32. The van der Waals surface area contributed by atoms with Gasteiger partial charge < -0.3 is 9.47 Å². The van der Waals surface area contributed by atoms with E-state index < -0.39 is 0 Å². The van der Waals surface area contributed by atoms with Crippen LogP contribution in [0, 0.1) is 0 Å². The number of likely N-dealkylation sites (N-methyl/N-ethyl adjacent to an activating group) is 1. The summed E-state index contributed by atoms with van der Waals surface area (Å²) in [5.41, 5.74) is 2.29. The molecule has 6 heteroatoms. The quantitative estimate of drug-likeness (QED) is 0.719. The molecular weight excluding hydrogens is 362 g/mol. The van der Waals surface area contributed by atoms with E-state index in [1.54, 1.807) is 0 Å². The van der Waals surface area contributed by atoms with Crippen molar-refractivity contribution in [3.63, 3.8) is 0 Å². The van der Waals surface area contributed by atoms with E-state index in [9.17, 15) is 0 Å². The van der Waals surface area contributed by atoms with E-state index in [0.29, 0.717) is 6.04 Å². The number of fused-ring (bicyclic) bond motifs is 1. The van der Waals surface area contributed by atoms with E-state index in [1.807, 2.05) is 30.6 Å². The van der Waals surface area contributed by atoms with Gasteiger partial charge in [-0.05, 0) is 49.2 Å². The van der Waals surface area contributed by atoms with Gasteiger partial charge in [0.1, 0.15) is 0 Å². The molecule has 5 nitrogen and oxygen atoms in total. The average Bonchev–Trinajstić information content (AvgIpc) is 3.31. The van der Waals surface area contributed by atoms with Gasteiger partial charge in [0.25, 0.3) is 0 Å². The molecule has 0 spiro atoms. The molecule has 2 aliphatic heterocycles. The number of hydrogen-bond donors (Lipinski definition) is 0. The topological polar surface area (TPSA) is 37.8 Å². The molecule has 144 valence electrons. The molecule has 3 heterocycles. The van der Waals surface area contributed by atoms with Gasteiger partial charge in [-0.15, -0.1) is 0 Å². The molecule has 1 aromatic heterocycles. The first kappa shape index (κ1) is 18.5. The number of pyridine rings is 1. The maximum absolute atomic E-state index is 6.54. The highest BCUT2D eigenvalue weighted by Gasteiger charge is 2.26. The lowest BCUT2D eigenvalue weighted by molar-refractivity contribution is 0.165. The van der Waals surface area contributed by atoms with Gasteiger partial charge in [0.05, 0.1) is 0 Å². The number of benzene rings is 1. The van der Waals surface area contributed by atoms with Gasteiger partial charge in [-0.25, -0.2) is 0 Å². The Balaban J connectivity index is 1.54. The SMILES string of the molecule is CCN1CCC[C@H]1CN(Cc1cccnc1)Cc1cc2c(cc1Cl)OCO2. The third-order valence-corrected chi connectivity index (χ3v) is 5.79. The molecule has 0 aliphatic carbocycles. The number of hydrogen-bond acceptors (Lipinski definition) is 5. The van der Waals surface area contributed by atoms with Crippen LogP contribution in [0.2, 0.25) is 5.02 Å². The van der Waals surface area contributed by atoms with Crippen molar-refractivity contribution in [3.05, 3.63) is 52.8 Å². The van der Waals surface area contributed by atoms with Crippen molar-refractivity contribution in [1.29, 1.82) is 0 Å². The second-order valence-electron chi connectivity index (χ2n) is 7.25. The van der Waals surface area contributed by atoms with Gasteiger partial charge >= 0.3 is 0 Å². The third kappa shape index (κ3) is 4.37. The number of aromatic nitrogens is 1. The van der Waals surface area contributed by atoms with Gasteiger partial charge in [-0.3, -0.25) is 14.8 Å². The monoisotopic (exact) mass is 387 g/mol. The molecule has 1 aromatic carbocycles. The molecule has 27 heavy (non-hydrogen) atoms. The average molecular weight is 388 g/mol. The van der Waals surface area contributed by atoms with E-state index in [2.05, 4.69) is 27.8 Å². The van der Waals surface area contributed by atoms with Crippen molar-refractivity contribution in [1.82, 2.24) is 14.8 Å². The highest BCUT2D eigenvalue weighted by Crippen LogP contribution is 2.37. The molecule has 0 radical (unpaired) electrons. The second kappa shape index (κ2) is 8.46. The molecule has 4 rings (SSSR count). The Morgan fingerprint density at radius 3 is 2.89 bits per heavy atom. The molecule has 0 amide bonds. The van der Waals surface area contributed by atoms with Crippen molar-refractivity contribution in [2.24, 2.45) is 0 Å². The summed E-state index contributed by atoms with van der Waals surface area (Å²) in [5, 5.41) is 0.731. The van der Waals surface area contributed by atoms with Crippen LogP contribution < -0.4 is 9.47 Å². The maximum atomic E-state index is 6.54. The molecular formula is C21H26ClN3O2. The zero-order chi connectivity index (χ0) is 18.6. The molecule has 1 saturated heterocycles. The summed E-state index contributed by atoms with van der Waals surface area (Å²) in [6.07, 6.45) is 6.30.